The van der Waals surface area contributed by atoms with Crippen LogP contribution >= 0.6 is 0 Å². The maximum Gasteiger partial charge on any atom is 0.258 e. The van der Waals surface area contributed by atoms with E-state index in [1.54, 1.807) is 0 Å². The van der Waals surface area contributed by atoms with Crippen molar-refractivity contribution in [3.63, 3.8) is 0 Å². The number of carbonyl (C=O) groups excluding carboxylic acids is 1. The van der Waals surface area contributed by atoms with Crippen molar-refractivity contribution in [2.24, 2.45) is 0 Å². The molecule has 2 rings (SSSR count). The van der Waals surface area contributed by atoms with Crippen LogP contribution in [0.2, 0.25) is 0 Å². The van der Waals surface area contributed by atoms with Crippen LogP contribution in [0.25, 0.3) is 0 Å². The van der Waals surface area contributed by atoms with Gasteiger partial charge in [-0.05, 0) is 24.3 Å². The van der Waals surface area contributed by atoms with Crippen LogP contribution in [-0.2, 0) is 10.8 Å². The summed E-state index contributed by atoms with van der Waals surface area (Å²) in [5.74, 6) is -9.96. The zero-order valence-electron chi connectivity index (χ0n) is 11.4. The summed E-state index contributed by atoms with van der Waals surface area (Å²) in [4.78, 5) is 11.7. The molecule has 0 aliphatic rings. The number of rotatable bonds is 3. The van der Waals surface area contributed by atoms with E-state index in [1.807, 2.05) is 5.32 Å². The predicted molar refractivity (Wildman–Crippen MR) is 73.0 cm³/mol. The summed E-state index contributed by atoms with van der Waals surface area (Å²) in [6.45, 7) is 0. The van der Waals surface area contributed by atoms with Gasteiger partial charge in [0.25, 0.3) is 5.91 Å². The van der Waals surface area contributed by atoms with Gasteiger partial charge in [-0.2, -0.15) is 0 Å². The first-order valence-electron chi connectivity index (χ1n) is 5.99. The number of anilines is 1. The minimum atomic E-state index is -2.13. The van der Waals surface area contributed by atoms with E-state index < -0.39 is 51.4 Å². The number of nitrogens with one attached hydrogen (secondary N) is 1. The Morgan fingerprint density at radius 1 is 0.957 bits per heavy atom. The van der Waals surface area contributed by atoms with Crippen molar-refractivity contribution < 1.29 is 31.0 Å². The minimum absolute atomic E-state index is 0.118. The van der Waals surface area contributed by atoms with Gasteiger partial charge in [0, 0.05) is 11.9 Å². The molecule has 0 heterocycles. The Labute approximate surface area is 129 Å². The van der Waals surface area contributed by atoms with E-state index in [4.69, 9.17) is 0 Å². The molecule has 1 atom stereocenters. The SMILES string of the molecule is C[S@@](=O)c1ccc(NC(=O)c2cc(F)c(F)c(F)c2F)cc1F. The van der Waals surface area contributed by atoms with Crippen LogP contribution in [0.15, 0.2) is 29.2 Å². The zero-order chi connectivity index (χ0) is 17.3. The summed E-state index contributed by atoms with van der Waals surface area (Å²) in [6.07, 6.45) is 1.25. The first-order chi connectivity index (χ1) is 10.7. The molecule has 2 aromatic carbocycles. The number of halogens is 5. The number of hydrogen-bond donors (Lipinski definition) is 1. The van der Waals surface area contributed by atoms with Crippen molar-refractivity contribution in [3.05, 3.63) is 58.9 Å². The standard InChI is InChI=1S/C14H8F5NO2S/c1-23(22)10-3-2-6(4-8(10)15)20-14(21)7-5-9(16)12(18)13(19)11(7)17/h2-5H,1H3,(H,20,21)/t23-/m1/s1. The van der Waals surface area contributed by atoms with E-state index in [9.17, 15) is 31.0 Å². The monoisotopic (exact) mass is 349 g/mol. The van der Waals surface area contributed by atoms with Gasteiger partial charge < -0.3 is 5.32 Å². The van der Waals surface area contributed by atoms with Crippen molar-refractivity contribution in [3.8, 4) is 0 Å². The van der Waals surface area contributed by atoms with Gasteiger partial charge in [-0.15, -0.1) is 0 Å². The molecular weight excluding hydrogens is 341 g/mol. The molecule has 0 bridgehead atoms. The quantitative estimate of drug-likeness (QED) is 0.525. The van der Waals surface area contributed by atoms with Gasteiger partial charge in [0.15, 0.2) is 23.3 Å². The molecule has 23 heavy (non-hydrogen) atoms. The van der Waals surface area contributed by atoms with Crippen LogP contribution in [0.5, 0.6) is 0 Å². The van der Waals surface area contributed by atoms with Gasteiger partial charge in [0.05, 0.1) is 21.3 Å². The molecule has 2 aromatic rings. The van der Waals surface area contributed by atoms with Crippen molar-refractivity contribution in [2.45, 2.75) is 4.90 Å². The lowest BCUT2D eigenvalue weighted by atomic mass is 10.1. The normalized spacial score (nSPS) is 12.1. The Morgan fingerprint density at radius 2 is 1.61 bits per heavy atom. The Hall–Kier alpha value is -2.29. The summed E-state index contributed by atoms with van der Waals surface area (Å²) in [7, 11) is -1.60. The van der Waals surface area contributed by atoms with E-state index in [-0.39, 0.29) is 16.6 Å². The molecule has 0 aromatic heterocycles. The van der Waals surface area contributed by atoms with E-state index in [2.05, 4.69) is 0 Å². The molecular formula is C14H8F5NO2S. The average molecular weight is 349 g/mol. The van der Waals surface area contributed by atoms with Gasteiger partial charge in [-0.25, -0.2) is 22.0 Å². The summed E-state index contributed by atoms with van der Waals surface area (Å²) in [5.41, 5.74) is -1.24. The van der Waals surface area contributed by atoms with Gasteiger partial charge >= 0.3 is 0 Å². The summed E-state index contributed by atoms with van der Waals surface area (Å²) < 4.78 is 77.3. The minimum Gasteiger partial charge on any atom is -0.322 e. The van der Waals surface area contributed by atoms with Gasteiger partial charge in [0.2, 0.25) is 0 Å². The molecule has 1 N–H and O–H groups in total. The van der Waals surface area contributed by atoms with Crippen LogP contribution in [-0.4, -0.2) is 16.4 Å². The van der Waals surface area contributed by atoms with Crippen molar-refractivity contribution in [1.29, 1.82) is 0 Å². The van der Waals surface area contributed by atoms with Crippen molar-refractivity contribution in [2.75, 3.05) is 11.6 Å². The number of carbonyl (C=O) groups is 1. The summed E-state index contributed by atoms with van der Waals surface area (Å²) >= 11 is 0. The highest BCUT2D eigenvalue weighted by Gasteiger charge is 2.23. The molecule has 0 fully saturated rings. The highest BCUT2D eigenvalue weighted by molar-refractivity contribution is 7.84. The van der Waals surface area contributed by atoms with E-state index in [1.165, 1.54) is 12.3 Å². The molecule has 0 aliphatic carbocycles. The maximum atomic E-state index is 13.6. The van der Waals surface area contributed by atoms with Crippen LogP contribution in [0.4, 0.5) is 27.6 Å². The fourth-order valence-electron chi connectivity index (χ4n) is 1.75. The molecule has 0 aliphatic heterocycles. The maximum absolute atomic E-state index is 13.6. The van der Waals surface area contributed by atoms with E-state index in [0.717, 1.165) is 12.1 Å². The first-order valence-corrected chi connectivity index (χ1v) is 7.55. The van der Waals surface area contributed by atoms with Crippen LogP contribution < -0.4 is 5.32 Å². The second-order valence-electron chi connectivity index (χ2n) is 4.40. The fourth-order valence-corrected chi connectivity index (χ4v) is 2.34. The lowest BCUT2D eigenvalue weighted by molar-refractivity contribution is 0.102. The second kappa shape index (κ2) is 6.45. The number of amides is 1. The average Bonchev–Trinajstić information content (AvgIpc) is 2.48. The highest BCUT2D eigenvalue weighted by atomic mass is 32.2. The van der Waals surface area contributed by atoms with E-state index >= 15 is 0 Å². The Bertz CT molecular complexity index is 825. The smallest absolute Gasteiger partial charge is 0.258 e. The second-order valence-corrected chi connectivity index (χ2v) is 5.75. The highest BCUT2D eigenvalue weighted by Crippen LogP contribution is 2.21. The van der Waals surface area contributed by atoms with Crippen LogP contribution in [0, 0.1) is 29.1 Å². The van der Waals surface area contributed by atoms with Crippen molar-refractivity contribution >= 4 is 22.4 Å². The third kappa shape index (κ3) is 3.39. The number of benzene rings is 2. The largest absolute Gasteiger partial charge is 0.322 e. The Kier molecular flexibility index (Phi) is 4.79. The molecule has 0 spiro atoms. The molecule has 9 heteroatoms. The predicted octanol–water partition coefficient (Wildman–Crippen LogP) is 3.37. The molecule has 3 nitrogen and oxygen atoms in total. The Morgan fingerprint density at radius 3 is 2.17 bits per heavy atom. The summed E-state index contributed by atoms with van der Waals surface area (Å²) in [6, 6.07) is 3.30. The first kappa shape index (κ1) is 17.1. The van der Waals surface area contributed by atoms with E-state index in [0.29, 0.717) is 0 Å². The third-order valence-corrected chi connectivity index (χ3v) is 3.80. The zero-order valence-corrected chi connectivity index (χ0v) is 12.2. The molecule has 0 saturated carbocycles. The molecule has 0 radical (unpaired) electrons. The Balaban J connectivity index is 2.33. The molecule has 122 valence electrons. The molecule has 0 unspecified atom stereocenters. The fraction of sp³-hybridized carbons (Fsp3) is 0.0714. The molecule has 0 saturated heterocycles. The summed E-state index contributed by atoms with van der Waals surface area (Å²) in [5, 5.41) is 2.01. The van der Waals surface area contributed by atoms with Gasteiger partial charge in [0.1, 0.15) is 5.82 Å². The van der Waals surface area contributed by atoms with Crippen LogP contribution in [0.3, 0.4) is 0 Å². The van der Waals surface area contributed by atoms with Crippen LogP contribution in [0.1, 0.15) is 10.4 Å². The lowest BCUT2D eigenvalue weighted by Gasteiger charge is -2.08. The van der Waals surface area contributed by atoms with Crippen molar-refractivity contribution in [1.82, 2.24) is 0 Å². The van der Waals surface area contributed by atoms with Gasteiger partial charge in [-0.1, -0.05) is 0 Å². The van der Waals surface area contributed by atoms with Gasteiger partial charge in [-0.3, -0.25) is 9.00 Å². The topological polar surface area (TPSA) is 46.2 Å². The number of hydrogen-bond acceptors (Lipinski definition) is 2. The molecule has 1 amide bonds. The third-order valence-electron chi connectivity index (χ3n) is 2.85. The lowest BCUT2D eigenvalue weighted by Crippen LogP contribution is -2.16.